The van der Waals surface area contributed by atoms with E-state index in [1.54, 1.807) is 0 Å². The largest absolute Gasteiger partial charge is 0.730 e. The van der Waals surface area contributed by atoms with Gasteiger partial charge in [-0.2, -0.15) is 0 Å². The van der Waals surface area contributed by atoms with Crippen molar-refractivity contribution in [1.82, 2.24) is 0 Å². The van der Waals surface area contributed by atoms with Crippen LogP contribution in [0, 0.1) is 0 Å². The van der Waals surface area contributed by atoms with Gasteiger partial charge >= 0.3 is 0 Å². The third-order valence-corrected chi connectivity index (χ3v) is 1.14. The SMILES string of the molecule is CCSC(=O)[S-]. The lowest BCUT2D eigenvalue weighted by Crippen LogP contribution is -1.76. The molecule has 0 atom stereocenters. The van der Waals surface area contributed by atoms with E-state index in [2.05, 4.69) is 12.6 Å². The third kappa shape index (κ3) is 4.24. The monoisotopic (exact) mass is 121 g/mol. The molecule has 0 spiro atoms. The minimum absolute atomic E-state index is 0.211. The Kier molecular flexibility index (Phi) is 3.57. The molecule has 0 amide bonds. The van der Waals surface area contributed by atoms with Crippen LogP contribution in [0.15, 0.2) is 0 Å². The molecular formula is C3H5OS2-. The van der Waals surface area contributed by atoms with Crippen LogP contribution in [0.4, 0.5) is 4.79 Å². The molecule has 0 unspecified atom stereocenters. The molecule has 0 bridgehead atoms. The number of hydrogen-bond donors (Lipinski definition) is 0. The molecule has 0 saturated heterocycles. The lowest BCUT2D eigenvalue weighted by Gasteiger charge is -1.95. The van der Waals surface area contributed by atoms with Crippen LogP contribution in [-0.2, 0) is 12.6 Å². The smallest absolute Gasteiger partial charge is 0.0685 e. The Morgan fingerprint density at radius 3 is 2.50 bits per heavy atom. The molecule has 0 aromatic rings. The summed E-state index contributed by atoms with van der Waals surface area (Å²) in [5.74, 6) is 0.794. The van der Waals surface area contributed by atoms with Crippen molar-refractivity contribution in [2.45, 2.75) is 6.92 Å². The summed E-state index contributed by atoms with van der Waals surface area (Å²) >= 11 is 5.36. The highest BCUT2D eigenvalue weighted by Gasteiger charge is 1.73. The maximum atomic E-state index is 9.82. The van der Waals surface area contributed by atoms with Crippen molar-refractivity contribution in [2.75, 3.05) is 5.75 Å². The van der Waals surface area contributed by atoms with E-state index >= 15 is 0 Å². The highest BCUT2D eigenvalue weighted by atomic mass is 32.2. The highest BCUT2D eigenvalue weighted by Crippen LogP contribution is 1.97. The van der Waals surface area contributed by atoms with Crippen molar-refractivity contribution in [2.24, 2.45) is 0 Å². The Labute approximate surface area is 46.9 Å². The fourth-order valence-electron chi connectivity index (χ4n) is 0.118. The maximum Gasteiger partial charge on any atom is 0.0685 e. The second-order valence-corrected chi connectivity index (χ2v) is 2.55. The van der Waals surface area contributed by atoms with Crippen LogP contribution >= 0.6 is 11.8 Å². The van der Waals surface area contributed by atoms with E-state index in [0.717, 1.165) is 17.5 Å². The van der Waals surface area contributed by atoms with Crippen molar-refractivity contribution in [1.29, 1.82) is 0 Å². The normalized spacial score (nSPS) is 8.17. The van der Waals surface area contributed by atoms with Gasteiger partial charge in [-0.25, -0.2) is 0 Å². The number of carbonyl (C=O) groups excluding carboxylic acids is 1. The Balaban J connectivity index is 2.83. The minimum atomic E-state index is -0.211. The quantitative estimate of drug-likeness (QED) is 0.488. The first-order valence-corrected chi connectivity index (χ1v) is 3.00. The summed E-state index contributed by atoms with van der Waals surface area (Å²) < 4.78 is -0.211. The molecule has 6 heavy (non-hydrogen) atoms. The van der Waals surface area contributed by atoms with Crippen LogP contribution in [0.1, 0.15) is 6.92 Å². The summed E-state index contributed by atoms with van der Waals surface area (Å²) in [6, 6.07) is 0. The molecule has 0 aliphatic carbocycles. The van der Waals surface area contributed by atoms with Gasteiger partial charge in [-0.15, -0.1) is 11.8 Å². The van der Waals surface area contributed by atoms with E-state index in [4.69, 9.17) is 0 Å². The summed E-state index contributed by atoms with van der Waals surface area (Å²) in [7, 11) is 0. The maximum absolute atomic E-state index is 9.82. The van der Waals surface area contributed by atoms with Gasteiger partial charge in [-0.3, -0.25) is 0 Å². The zero-order valence-electron chi connectivity index (χ0n) is 3.43. The molecule has 0 N–H and O–H groups in total. The van der Waals surface area contributed by atoms with Gasteiger partial charge in [0.2, 0.25) is 0 Å². The molecule has 0 aliphatic heterocycles. The summed E-state index contributed by atoms with van der Waals surface area (Å²) in [4.78, 5) is 9.82. The standard InChI is InChI=1S/C3H6OS2/c1-2-6-3(4)5/h2H2,1H3,(H,4,5)/p-1. The van der Waals surface area contributed by atoms with Crippen LogP contribution in [0.2, 0.25) is 0 Å². The van der Waals surface area contributed by atoms with Crippen LogP contribution < -0.4 is 0 Å². The van der Waals surface area contributed by atoms with Gasteiger partial charge in [0.05, 0.1) is 4.45 Å². The summed E-state index contributed by atoms with van der Waals surface area (Å²) in [6.07, 6.45) is 0. The Bertz CT molecular complexity index is 52.8. The second kappa shape index (κ2) is 3.43. The van der Waals surface area contributed by atoms with Gasteiger partial charge in [-0.05, 0) is 5.75 Å². The lowest BCUT2D eigenvalue weighted by atomic mass is 11.0. The van der Waals surface area contributed by atoms with Crippen molar-refractivity contribution < 1.29 is 4.79 Å². The molecule has 1 nitrogen and oxygen atoms in total. The molecule has 0 saturated carbocycles. The zero-order chi connectivity index (χ0) is 4.99. The fraction of sp³-hybridized carbons (Fsp3) is 0.667. The summed E-state index contributed by atoms with van der Waals surface area (Å²) in [5.41, 5.74) is 0. The molecule has 36 valence electrons. The van der Waals surface area contributed by atoms with Crippen molar-refractivity contribution in [3.05, 3.63) is 0 Å². The van der Waals surface area contributed by atoms with Crippen molar-refractivity contribution in [3.63, 3.8) is 0 Å². The number of rotatable bonds is 1. The average Bonchev–Trinajstić information content (AvgIpc) is 1.35. The highest BCUT2D eigenvalue weighted by molar-refractivity contribution is 8.26. The van der Waals surface area contributed by atoms with Crippen molar-refractivity contribution >= 4 is 28.8 Å². The van der Waals surface area contributed by atoms with Crippen LogP contribution in [0.25, 0.3) is 0 Å². The van der Waals surface area contributed by atoms with E-state index in [-0.39, 0.29) is 4.45 Å². The zero-order valence-corrected chi connectivity index (χ0v) is 5.06. The predicted molar refractivity (Wildman–Crippen MR) is 30.9 cm³/mol. The van der Waals surface area contributed by atoms with Crippen LogP contribution in [0.5, 0.6) is 0 Å². The molecule has 0 rings (SSSR count). The molecule has 0 aromatic heterocycles. The molecular weight excluding hydrogens is 116 g/mol. The van der Waals surface area contributed by atoms with E-state index in [1.165, 1.54) is 0 Å². The number of hydrogen-bond acceptors (Lipinski definition) is 3. The Morgan fingerprint density at radius 2 is 2.50 bits per heavy atom. The Hall–Kier alpha value is 0.240. The van der Waals surface area contributed by atoms with E-state index in [0.29, 0.717) is 0 Å². The summed E-state index contributed by atoms with van der Waals surface area (Å²) in [5, 5.41) is 0. The van der Waals surface area contributed by atoms with E-state index in [1.807, 2.05) is 6.92 Å². The van der Waals surface area contributed by atoms with Gasteiger partial charge < -0.3 is 17.4 Å². The van der Waals surface area contributed by atoms with Gasteiger partial charge in [0.15, 0.2) is 0 Å². The fourth-order valence-corrected chi connectivity index (χ4v) is 0.707. The van der Waals surface area contributed by atoms with E-state index < -0.39 is 0 Å². The van der Waals surface area contributed by atoms with Gasteiger partial charge in [0.25, 0.3) is 0 Å². The molecule has 0 fully saturated rings. The third-order valence-electron chi connectivity index (χ3n) is 0.262. The average molecular weight is 121 g/mol. The lowest BCUT2D eigenvalue weighted by molar-refractivity contribution is 0.277. The molecule has 0 heterocycles. The second-order valence-electron chi connectivity index (χ2n) is 0.683. The topological polar surface area (TPSA) is 17.1 Å². The van der Waals surface area contributed by atoms with Gasteiger partial charge in [0.1, 0.15) is 0 Å². The van der Waals surface area contributed by atoms with Gasteiger partial charge in [0, 0.05) is 0 Å². The first kappa shape index (κ1) is 6.24. The van der Waals surface area contributed by atoms with Crippen LogP contribution in [-0.4, -0.2) is 10.2 Å². The molecule has 0 radical (unpaired) electrons. The van der Waals surface area contributed by atoms with Crippen LogP contribution in [0.3, 0.4) is 0 Å². The molecule has 0 aliphatic rings. The van der Waals surface area contributed by atoms with E-state index in [9.17, 15) is 4.79 Å². The molecule has 0 aromatic carbocycles. The van der Waals surface area contributed by atoms with Gasteiger partial charge in [-0.1, -0.05) is 6.92 Å². The number of carbonyl (C=O) groups is 1. The van der Waals surface area contributed by atoms with Crippen molar-refractivity contribution in [3.8, 4) is 0 Å². The first-order valence-electron chi connectivity index (χ1n) is 1.61. The number of thioether (sulfide) groups is 1. The molecule has 3 heteroatoms. The Morgan fingerprint density at radius 1 is 2.00 bits per heavy atom. The minimum Gasteiger partial charge on any atom is -0.730 e. The first-order chi connectivity index (χ1) is 2.77. The predicted octanol–water partition coefficient (Wildman–Crippen LogP) is 1.41. The summed E-state index contributed by atoms with van der Waals surface area (Å²) in [6.45, 7) is 1.90.